The number of aromatic nitrogens is 2. The number of benzene rings is 1. The molecule has 2 aromatic rings. The topological polar surface area (TPSA) is 101 Å². The van der Waals surface area contributed by atoms with Crippen LogP contribution < -0.4 is 10.6 Å². The lowest BCUT2D eigenvalue weighted by Gasteiger charge is -2.19. The highest BCUT2D eigenvalue weighted by atomic mass is 32.2. The normalized spacial score (nSPS) is 13.9. The predicted octanol–water partition coefficient (Wildman–Crippen LogP) is 3.08. The molecule has 2 N–H and O–H groups in total. The van der Waals surface area contributed by atoms with Crippen LogP contribution in [0.5, 0.6) is 0 Å². The summed E-state index contributed by atoms with van der Waals surface area (Å²) in [5.74, 6) is -0.809. The van der Waals surface area contributed by atoms with E-state index >= 15 is 0 Å². The van der Waals surface area contributed by atoms with Crippen molar-refractivity contribution in [2.75, 3.05) is 11.6 Å². The Labute approximate surface area is 170 Å². The second kappa shape index (κ2) is 9.13. The minimum Gasteiger partial charge on any atom is -0.376 e. The van der Waals surface area contributed by atoms with Gasteiger partial charge in [-0.25, -0.2) is 22.8 Å². The van der Waals surface area contributed by atoms with E-state index in [-0.39, 0.29) is 17.7 Å². The first-order valence-corrected chi connectivity index (χ1v) is 11.0. The summed E-state index contributed by atoms with van der Waals surface area (Å²) in [6.45, 7) is 7.00. The number of rotatable bonds is 7. The van der Waals surface area contributed by atoms with Crippen molar-refractivity contribution in [3.8, 4) is 0 Å². The van der Waals surface area contributed by atoms with Crippen molar-refractivity contribution in [3.05, 3.63) is 64.3 Å². The third-order valence-corrected chi connectivity index (χ3v) is 4.96. The largest absolute Gasteiger partial charge is 0.376 e. The Bertz CT molecular complexity index is 1040. The maximum Gasteiger partial charge on any atom is 0.289 e. The molecule has 2 atom stereocenters. The van der Waals surface area contributed by atoms with Gasteiger partial charge < -0.3 is 10.6 Å². The average molecular weight is 421 g/mol. The second-order valence-corrected chi connectivity index (χ2v) is 8.86. The monoisotopic (exact) mass is 420 g/mol. The van der Waals surface area contributed by atoms with Gasteiger partial charge >= 0.3 is 0 Å². The van der Waals surface area contributed by atoms with Crippen molar-refractivity contribution in [2.24, 2.45) is 0 Å². The zero-order chi connectivity index (χ0) is 21.8. The highest BCUT2D eigenvalue weighted by Crippen LogP contribution is 2.24. The molecule has 0 fully saturated rings. The third-order valence-electron chi connectivity index (χ3n) is 4.30. The van der Waals surface area contributed by atoms with Crippen molar-refractivity contribution in [2.45, 2.75) is 39.8 Å². The fraction of sp³-hybridized carbons (Fsp3) is 0.350. The van der Waals surface area contributed by atoms with Crippen LogP contribution in [0.25, 0.3) is 0 Å². The number of aryl methyl sites for hydroxylation is 1. The number of halogens is 1. The molecular formula is C20H25FN4O3S. The molecule has 0 aliphatic heterocycles. The number of hydrogen-bond acceptors (Lipinski definition) is 6. The van der Waals surface area contributed by atoms with Crippen LogP contribution in [-0.2, 0) is 9.84 Å². The van der Waals surface area contributed by atoms with Crippen LogP contribution in [0.1, 0.15) is 47.3 Å². The van der Waals surface area contributed by atoms with E-state index in [4.69, 9.17) is 0 Å². The molecule has 1 heterocycles. The summed E-state index contributed by atoms with van der Waals surface area (Å²) < 4.78 is 36.1. The predicted molar refractivity (Wildman–Crippen MR) is 111 cm³/mol. The van der Waals surface area contributed by atoms with Crippen molar-refractivity contribution < 1.29 is 17.6 Å². The van der Waals surface area contributed by atoms with Gasteiger partial charge in [-0.2, -0.15) is 0 Å². The van der Waals surface area contributed by atoms with Crippen molar-refractivity contribution in [1.29, 1.82) is 0 Å². The van der Waals surface area contributed by atoms with E-state index in [1.807, 2.05) is 13.0 Å². The third kappa shape index (κ3) is 6.35. The lowest BCUT2D eigenvalue weighted by atomic mass is 10.0. The Kier molecular flexibility index (Phi) is 7.07. The summed E-state index contributed by atoms with van der Waals surface area (Å²) in [5, 5.41) is 6.89. The van der Waals surface area contributed by atoms with Gasteiger partial charge in [0.2, 0.25) is 5.82 Å². The molecule has 0 radical (unpaired) electrons. The smallest absolute Gasteiger partial charge is 0.289 e. The maximum absolute atomic E-state index is 13.8. The van der Waals surface area contributed by atoms with Gasteiger partial charge in [-0.1, -0.05) is 18.2 Å². The van der Waals surface area contributed by atoms with E-state index in [1.54, 1.807) is 26.8 Å². The fourth-order valence-electron chi connectivity index (χ4n) is 2.70. The van der Waals surface area contributed by atoms with E-state index in [1.165, 1.54) is 18.3 Å². The summed E-state index contributed by atoms with van der Waals surface area (Å²) in [5.41, 5.74) is 2.57. The number of nitrogens with one attached hydrogen (secondary N) is 2. The summed E-state index contributed by atoms with van der Waals surface area (Å²) in [6.07, 6.45) is 3.95. The van der Waals surface area contributed by atoms with Gasteiger partial charge in [0.05, 0.1) is 17.6 Å². The number of nitrogens with zero attached hydrogens (tertiary/aromatic N) is 2. The van der Waals surface area contributed by atoms with Crippen LogP contribution in [0.2, 0.25) is 0 Å². The van der Waals surface area contributed by atoms with Gasteiger partial charge in [-0.05, 0) is 44.9 Å². The fourth-order valence-corrected chi connectivity index (χ4v) is 3.22. The highest BCUT2D eigenvalue weighted by molar-refractivity contribution is 7.93. The first-order valence-electron chi connectivity index (χ1n) is 9.02. The quantitative estimate of drug-likeness (QED) is 0.714. The van der Waals surface area contributed by atoms with Crippen molar-refractivity contribution in [3.63, 3.8) is 0 Å². The van der Waals surface area contributed by atoms with Crippen LogP contribution in [-0.4, -0.2) is 36.6 Å². The minimum absolute atomic E-state index is 0.0257. The lowest BCUT2D eigenvalue weighted by molar-refractivity contribution is 0.0936. The molecule has 2 rings (SSSR count). The molecule has 7 nitrogen and oxygen atoms in total. The number of amides is 1. The van der Waals surface area contributed by atoms with Gasteiger partial charge in [0.15, 0.2) is 9.84 Å². The molecule has 0 spiro atoms. The molecule has 0 unspecified atom stereocenters. The number of carbonyl (C=O) groups excluding carboxylic acids is 1. The maximum atomic E-state index is 13.8. The van der Waals surface area contributed by atoms with E-state index in [0.717, 1.165) is 17.2 Å². The lowest BCUT2D eigenvalue weighted by Crippen LogP contribution is -2.32. The molecule has 1 aromatic heterocycles. The summed E-state index contributed by atoms with van der Waals surface area (Å²) >= 11 is 0. The molecule has 0 aliphatic carbocycles. The summed E-state index contributed by atoms with van der Waals surface area (Å²) in [6, 6.07) is 4.23. The molecule has 29 heavy (non-hydrogen) atoms. The molecule has 1 amide bonds. The Balaban J connectivity index is 2.10. The summed E-state index contributed by atoms with van der Waals surface area (Å²) in [7, 11) is -3.27. The van der Waals surface area contributed by atoms with Gasteiger partial charge in [0.25, 0.3) is 5.91 Å². The van der Waals surface area contributed by atoms with Gasteiger partial charge in [0, 0.05) is 23.7 Å². The first kappa shape index (κ1) is 22.5. The van der Waals surface area contributed by atoms with E-state index in [0.29, 0.717) is 16.9 Å². The summed E-state index contributed by atoms with van der Waals surface area (Å²) in [4.78, 5) is 20.6. The number of anilines is 1. The average Bonchev–Trinajstić information content (AvgIpc) is 2.63. The van der Waals surface area contributed by atoms with Gasteiger partial charge in [-0.3, -0.25) is 4.79 Å². The zero-order valence-electron chi connectivity index (χ0n) is 17.0. The SMILES string of the molecule is Cc1nc(C(=O)N[C@H](C)/C=C/S(C)(=O)=O)ncc1N[C@@H](C)c1cccc(F)c1C. The Morgan fingerprint density at radius 2 is 1.93 bits per heavy atom. The van der Waals surface area contributed by atoms with Crippen molar-refractivity contribution >= 4 is 21.4 Å². The van der Waals surface area contributed by atoms with Crippen LogP contribution in [0.3, 0.4) is 0 Å². The second-order valence-electron chi connectivity index (χ2n) is 6.93. The van der Waals surface area contributed by atoms with Crippen molar-refractivity contribution in [1.82, 2.24) is 15.3 Å². The number of sulfone groups is 1. The standard InChI is InChI=1S/C20H25FN4O3S/c1-12(9-10-29(5,27)28)23-20(26)19-22-11-18(15(4)25-19)24-14(3)16-7-6-8-17(21)13(16)2/h6-12,14,24H,1-5H3,(H,23,26)/b10-9+/t12-,14+/m1/s1. The van der Waals surface area contributed by atoms with Crippen LogP contribution >= 0.6 is 0 Å². The molecule has 156 valence electrons. The minimum atomic E-state index is -3.27. The van der Waals surface area contributed by atoms with Crippen LogP contribution in [0.15, 0.2) is 35.9 Å². The van der Waals surface area contributed by atoms with E-state index in [2.05, 4.69) is 20.6 Å². The molecule has 0 saturated heterocycles. The first-order chi connectivity index (χ1) is 13.5. The molecule has 0 bridgehead atoms. The Morgan fingerprint density at radius 1 is 1.24 bits per heavy atom. The van der Waals surface area contributed by atoms with Crippen LogP contribution in [0, 0.1) is 19.7 Å². The molecular weight excluding hydrogens is 395 g/mol. The molecule has 0 aliphatic rings. The molecule has 0 saturated carbocycles. The Morgan fingerprint density at radius 3 is 2.55 bits per heavy atom. The number of hydrogen-bond donors (Lipinski definition) is 2. The van der Waals surface area contributed by atoms with Gasteiger partial charge in [0.1, 0.15) is 5.82 Å². The number of carbonyl (C=O) groups is 1. The Hall–Kier alpha value is -2.81. The zero-order valence-corrected chi connectivity index (χ0v) is 17.8. The molecule has 1 aromatic carbocycles. The van der Waals surface area contributed by atoms with E-state index in [9.17, 15) is 17.6 Å². The van der Waals surface area contributed by atoms with Gasteiger partial charge in [-0.15, -0.1) is 0 Å². The highest BCUT2D eigenvalue weighted by Gasteiger charge is 2.16. The van der Waals surface area contributed by atoms with E-state index < -0.39 is 21.8 Å². The van der Waals surface area contributed by atoms with Crippen LogP contribution in [0.4, 0.5) is 10.1 Å². The molecule has 9 heteroatoms.